The number of carboxylic acid groups (broad SMARTS) is 1. The molecular weight excluding hydrogens is 192 g/mol. The lowest BCUT2D eigenvalue weighted by Crippen LogP contribution is -2.06. The van der Waals surface area contributed by atoms with Gasteiger partial charge in [-0.2, -0.15) is 0 Å². The fraction of sp³-hybridized carbons (Fsp3) is 0.111. The monoisotopic (exact) mass is 198 g/mol. The third-order valence-corrected chi connectivity index (χ3v) is 1.91. The van der Waals surface area contributed by atoms with Gasteiger partial charge in [-0.1, -0.05) is 17.7 Å². The van der Waals surface area contributed by atoms with Crippen LogP contribution in [0, 0.1) is 0 Å². The standard InChI is InChI=1S/C9H7ClO3/c1-5(11)8-6(9(12)13)3-2-4-7(8)10/h2-4H,1H3,(H,12,13). The molecule has 0 spiro atoms. The van der Waals surface area contributed by atoms with Gasteiger partial charge in [0.15, 0.2) is 5.78 Å². The van der Waals surface area contributed by atoms with Gasteiger partial charge in [-0.05, 0) is 19.1 Å². The van der Waals surface area contributed by atoms with Crippen molar-refractivity contribution in [1.82, 2.24) is 0 Å². The molecule has 0 atom stereocenters. The second kappa shape index (κ2) is 3.58. The largest absolute Gasteiger partial charge is 0.478 e. The molecule has 1 rings (SSSR count). The van der Waals surface area contributed by atoms with Crippen LogP contribution in [0.2, 0.25) is 5.02 Å². The summed E-state index contributed by atoms with van der Waals surface area (Å²) < 4.78 is 0. The number of ketones is 1. The molecular formula is C9H7ClO3. The van der Waals surface area contributed by atoms with E-state index in [1.807, 2.05) is 0 Å². The van der Waals surface area contributed by atoms with Crippen LogP contribution in [0.3, 0.4) is 0 Å². The molecule has 0 saturated carbocycles. The lowest BCUT2D eigenvalue weighted by molar-refractivity contribution is 0.0692. The zero-order valence-electron chi connectivity index (χ0n) is 6.87. The third-order valence-electron chi connectivity index (χ3n) is 1.60. The first-order valence-electron chi connectivity index (χ1n) is 3.56. The van der Waals surface area contributed by atoms with Crippen molar-refractivity contribution >= 4 is 23.4 Å². The minimum Gasteiger partial charge on any atom is -0.478 e. The highest BCUT2D eigenvalue weighted by Crippen LogP contribution is 2.20. The Bertz CT molecular complexity index is 371. The molecule has 68 valence electrons. The molecule has 0 unspecified atom stereocenters. The molecule has 0 fully saturated rings. The van der Waals surface area contributed by atoms with E-state index in [0.717, 1.165) is 0 Å². The van der Waals surface area contributed by atoms with Crippen LogP contribution in [0.25, 0.3) is 0 Å². The van der Waals surface area contributed by atoms with Crippen LogP contribution in [0.5, 0.6) is 0 Å². The van der Waals surface area contributed by atoms with Crippen LogP contribution >= 0.6 is 11.6 Å². The summed E-state index contributed by atoms with van der Waals surface area (Å²) >= 11 is 5.68. The molecule has 0 radical (unpaired) electrons. The number of carbonyl (C=O) groups is 2. The maximum absolute atomic E-state index is 11.0. The average molecular weight is 199 g/mol. The highest BCUT2D eigenvalue weighted by Gasteiger charge is 2.15. The Kier molecular flexibility index (Phi) is 2.68. The molecule has 1 aromatic carbocycles. The summed E-state index contributed by atoms with van der Waals surface area (Å²) in [6.45, 7) is 1.29. The van der Waals surface area contributed by atoms with Gasteiger partial charge in [-0.15, -0.1) is 0 Å². The topological polar surface area (TPSA) is 54.4 Å². The molecule has 0 saturated heterocycles. The van der Waals surface area contributed by atoms with E-state index < -0.39 is 5.97 Å². The highest BCUT2D eigenvalue weighted by atomic mass is 35.5. The van der Waals surface area contributed by atoms with Gasteiger partial charge in [0, 0.05) is 0 Å². The summed E-state index contributed by atoms with van der Waals surface area (Å²) in [5, 5.41) is 8.90. The van der Waals surface area contributed by atoms with Gasteiger partial charge < -0.3 is 5.11 Å². The molecule has 0 heterocycles. The van der Waals surface area contributed by atoms with E-state index in [4.69, 9.17) is 16.7 Å². The maximum Gasteiger partial charge on any atom is 0.336 e. The number of hydrogen-bond acceptors (Lipinski definition) is 2. The quantitative estimate of drug-likeness (QED) is 0.742. The molecule has 13 heavy (non-hydrogen) atoms. The van der Waals surface area contributed by atoms with E-state index >= 15 is 0 Å². The summed E-state index contributed by atoms with van der Waals surface area (Å²) in [4.78, 5) is 21.7. The van der Waals surface area contributed by atoms with Crippen LogP contribution in [-0.4, -0.2) is 16.9 Å². The summed E-state index contributed by atoms with van der Waals surface area (Å²) in [5.41, 5.74) is 0.0108. The molecule has 0 aliphatic rings. The first-order valence-corrected chi connectivity index (χ1v) is 3.94. The number of aromatic carboxylic acids is 1. The van der Waals surface area contributed by atoms with Crippen LogP contribution in [0.15, 0.2) is 18.2 Å². The van der Waals surface area contributed by atoms with Crippen molar-refractivity contribution in [2.24, 2.45) is 0 Å². The predicted molar refractivity (Wildman–Crippen MR) is 48.4 cm³/mol. The predicted octanol–water partition coefficient (Wildman–Crippen LogP) is 2.24. The lowest BCUT2D eigenvalue weighted by atomic mass is 10.0. The van der Waals surface area contributed by atoms with Crippen LogP contribution in [0.1, 0.15) is 27.6 Å². The van der Waals surface area contributed by atoms with Gasteiger partial charge in [0.2, 0.25) is 0 Å². The number of Topliss-reactive ketones (excluding diaryl/α,β-unsaturated/α-hetero) is 1. The van der Waals surface area contributed by atoms with Gasteiger partial charge >= 0.3 is 5.97 Å². The molecule has 4 heteroatoms. The number of benzene rings is 1. The zero-order chi connectivity index (χ0) is 10.0. The number of rotatable bonds is 2. The van der Waals surface area contributed by atoms with Crippen LogP contribution in [0.4, 0.5) is 0 Å². The Balaban J connectivity index is 3.43. The summed E-state index contributed by atoms with van der Waals surface area (Å²) in [5.74, 6) is -1.49. The van der Waals surface area contributed by atoms with Gasteiger partial charge in [-0.3, -0.25) is 4.79 Å². The van der Waals surface area contributed by atoms with Crippen molar-refractivity contribution in [3.63, 3.8) is 0 Å². The van der Waals surface area contributed by atoms with Gasteiger partial charge in [0.1, 0.15) is 0 Å². The molecule has 0 aliphatic heterocycles. The Hall–Kier alpha value is -1.35. The lowest BCUT2D eigenvalue weighted by Gasteiger charge is -2.03. The number of hydrogen-bond donors (Lipinski definition) is 1. The van der Waals surface area contributed by atoms with Crippen molar-refractivity contribution in [3.05, 3.63) is 34.3 Å². The smallest absolute Gasteiger partial charge is 0.336 e. The Morgan fingerprint density at radius 1 is 1.38 bits per heavy atom. The van der Waals surface area contributed by atoms with Crippen LogP contribution < -0.4 is 0 Å². The molecule has 0 aliphatic carbocycles. The Morgan fingerprint density at radius 3 is 2.38 bits per heavy atom. The Labute approximate surface area is 79.9 Å². The molecule has 1 aromatic rings. The zero-order valence-corrected chi connectivity index (χ0v) is 7.63. The summed E-state index contributed by atoms with van der Waals surface area (Å²) in [7, 11) is 0. The Morgan fingerprint density at radius 2 is 2.00 bits per heavy atom. The van der Waals surface area contributed by atoms with Gasteiger partial charge in [-0.25, -0.2) is 4.79 Å². The van der Waals surface area contributed by atoms with Gasteiger partial charge in [0.05, 0.1) is 16.1 Å². The first-order chi connectivity index (χ1) is 6.04. The number of carbonyl (C=O) groups excluding carboxylic acids is 1. The second-order valence-electron chi connectivity index (χ2n) is 2.52. The molecule has 0 aromatic heterocycles. The first kappa shape index (κ1) is 9.74. The van der Waals surface area contributed by atoms with E-state index in [1.165, 1.54) is 25.1 Å². The summed E-state index contributed by atoms with van der Waals surface area (Å²) in [6, 6.07) is 4.34. The minimum absolute atomic E-state index is 0.0556. The van der Waals surface area contributed by atoms with Crippen molar-refractivity contribution in [1.29, 1.82) is 0 Å². The van der Waals surface area contributed by atoms with Crippen molar-refractivity contribution in [2.45, 2.75) is 6.92 Å². The second-order valence-corrected chi connectivity index (χ2v) is 2.93. The van der Waals surface area contributed by atoms with E-state index in [9.17, 15) is 9.59 Å². The summed E-state index contributed by atoms with van der Waals surface area (Å²) in [6.07, 6.45) is 0. The minimum atomic E-state index is -1.15. The van der Waals surface area contributed by atoms with Crippen molar-refractivity contribution in [2.75, 3.05) is 0 Å². The van der Waals surface area contributed by atoms with Crippen LogP contribution in [-0.2, 0) is 0 Å². The van der Waals surface area contributed by atoms with Gasteiger partial charge in [0.25, 0.3) is 0 Å². The van der Waals surface area contributed by atoms with Crippen molar-refractivity contribution < 1.29 is 14.7 Å². The van der Waals surface area contributed by atoms with E-state index in [2.05, 4.69) is 0 Å². The third kappa shape index (κ3) is 1.87. The molecule has 0 bridgehead atoms. The molecule has 0 amide bonds. The highest BCUT2D eigenvalue weighted by molar-refractivity contribution is 6.34. The molecule has 1 N–H and O–H groups in total. The van der Waals surface area contributed by atoms with E-state index in [-0.39, 0.29) is 21.9 Å². The average Bonchev–Trinajstić information content (AvgIpc) is 2.02. The number of carboxylic acids is 1. The fourth-order valence-electron chi connectivity index (χ4n) is 1.06. The normalized spacial score (nSPS) is 9.69. The fourth-order valence-corrected chi connectivity index (χ4v) is 1.37. The van der Waals surface area contributed by atoms with E-state index in [1.54, 1.807) is 0 Å². The van der Waals surface area contributed by atoms with E-state index in [0.29, 0.717) is 0 Å². The molecule has 3 nitrogen and oxygen atoms in total. The maximum atomic E-state index is 11.0. The SMILES string of the molecule is CC(=O)c1c(Cl)cccc1C(=O)O. The van der Waals surface area contributed by atoms with Crippen molar-refractivity contribution in [3.8, 4) is 0 Å². The number of halogens is 1.